The number of esters is 1. The topological polar surface area (TPSA) is 73.9 Å². The minimum absolute atomic E-state index is 0.0112. The molecule has 1 heterocycles. The van der Waals surface area contributed by atoms with Crippen LogP contribution in [-0.2, 0) is 9.53 Å². The average Bonchev–Trinajstić information content (AvgIpc) is 2.50. The van der Waals surface area contributed by atoms with Gasteiger partial charge in [0.2, 0.25) is 0 Å². The van der Waals surface area contributed by atoms with Crippen LogP contribution in [0, 0.1) is 0 Å². The quantitative estimate of drug-likeness (QED) is 0.837. The summed E-state index contributed by atoms with van der Waals surface area (Å²) in [6, 6.07) is 2.57. The van der Waals surface area contributed by atoms with Gasteiger partial charge in [0.25, 0.3) is 5.91 Å². The minimum Gasteiger partial charge on any atom is -0.486 e. The van der Waals surface area contributed by atoms with Crippen molar-refractivity contribution in [3.63, 3.8) is 0 Å². The Labute approximate surface area is 133 Å². The number of amides is 1. The van der Waals surface area contributed by atoms with Crippen LogP contribution in [0.2, 0.25) is 5.02 Å². The first-order valence-corrected chi connectivity index (χ1v) is 6.74. The van der Waals surface area contributed by atoms with Crippen molar-refractivity contribution in [2.75, 3.05) is 26.4 Å². The van der Waals surface area contributed by atoms with E-state index in [1.807, 2.05) is 0 Å². The Balaban J connectivity index is 1.93. The number of rotatable bonds is 4. The second-order valence-corrected chi connectivity index (χ2v) is 4.86. The molecule has 0 fully saturated rings. The first kappa shape index (κ1) is 17.2. The Morgan fingerprint density at radius 2 is 1.96 bits per heavy atom. The average molecular weight is 354 g/mol. The fourth-order valence-electron chi connectivity index (χ4n) is 1.69. The van der Waals surface area contributed by atoms with E-state index >= 15 is 0 Å². The van der Waals surface area contributed by atoms with Crippen LogP contribution in [-0.4, -0.2) is 44.4 Å². The van der Waals surface area contributed by atoms with Gasteiger partial charge in [0, 0.05) is 0 Å². The number of alkyl halides is 3. The van der Waals surface area contributed by atoms with Gasteiger partial charge >= 0.3 is 12.1 Å². The molecule has 23 heavy (non-hydrogen) atoms. The fourth-order valence-corrected chi connectivity index (χ4v) is 1.96. The molecule has 0 saturated carbocycles. The predicted molar refractivity (Wildman–Crippen MR) is 71.8 cm³/mol. The van der Waals surface area contributed by atoms with E-state index in [0.717, 1.165) is 0 Å². The maximum atomic E-state index is 11.9. The third kappa shape index (κ3) is 4.92. The smallest absolute Gasteiger partial charge is 0.405 e. The Morgan fingerprint density at radius 3 is 2.65 bits per heavy atom. The highest BCUT2D eigenvalue weighted by molar-refractivity contribution is 6.32. The number of fused-ring (bicyclic) bond motifs is 1. The molecule has 1 aromatic rings. The zero-order valence-electron chi connectivity index (χ0n) is 11.5. The molecular formula is C13H11ClF3NO5. The van der Waals surface area contributed by atoms with Crippen molar-refractivity contribution < 1.29 is 37.0 Å². The van der Waals surface area contributed by atoms with Crippen LogP contribution in [0.3, 0.4) is 0 Å². The van der Waals surface area contributed by atoms with Gasteiger partial charge < -0.3 is 19.5 Å². The van der Waals surface area contributed by atoms with Crippen LogP contribution in [0.4, 0.5) is 13.2 Å². The van der Waals surface area contributed by atoms with Gasteiger partial charge in [-0.05, 0) is 12.1 Å². The maximum absolute atomic E-state index is 11.9. The van der Waals surface area contributed by atoms with E-state index in [0.29, 0.717) is 6.61 Å². The Kier molecular flexibility index (Phi) is 5.19. The second kappa shape index (κ2) is 6.95. The number of hydrogen-bond acceptors (Lipinski definition) is 5. The van der Waals surface area contributed by atoms with Crippen LogP contribution in [0.1, 0.15) is 10.4 Å². The van der Waals surface area contributed by atoms with Crippen molar-refractivity contribution in [3.8, 4) is 11.5 Å². The maximum Gasteiger partial charge on any atom is 0.405 e. The summed E-state index contributed by atoms with van der Waals surface area (Å²) in [4.78, 5) is 23.0. The van der Waals surface area contributed by atoms with Gasteiger partial charge in [0.15, 0.2) is 18.1 Å². The van der Waals surface area contributed by atoms with Crippen LogP contribution < -0.4 is 14.8 Å². The van der Waals surface area contributed by atoms with Crippen molar-refractivity contribution in [3.05, 3.63) is 22.7 Å². The Morgan fingerprint density at radius 1 is 1.26 bits per heavy atom. The van der Waals surface area contributed by atoms with Crippen LogP contribution in [0.5, 0.6) is 11.5 Å². The first-order valence-electron chi connectivity index (χ1n) is 6.36. The van der Waals surface area contributed by atoms with Gasteiger partial charge in [0.1, 0.15) is 19.8 Å². The SMILES string of the molecule is O=C(COC(=O)c1cc(Cl)c2c(c1)OCCO2)NCC(F)(F)F. The zero-order chi connectivity index (χ0) is 17.0. The van der Waals surface area contributed by atoms with Gasteiger partial charge in [-0.25, -0.2) is 4.79 Å². The molecule has 1 aliphatic heterocycles. The third-order valence-corrected chi connectivity index (χ3v) is 2.93. The van der Waals surface area contributed by atoms with E-state index < -0.39 is 31.2 Å². The summed E-state index contributed by atoms with van der Waals surface area (Å²) >= 11 is 5.94. The summed E-state index contributed by atoms with van der Waals surface area (Å²) in [5.41, 5.74) is -0.0112. The Bertz CT molecular complexity index is 620. The van der Waals surface area contributed by atoms with E-state index in [4.69, 9.17) is 21.1 Å². The van der Waals surface area contributed by atoms with Gasteiger partial charge in [-0.15, -0.1) is 0 Å². The highest BCUT2D eigenvalue weighted by Gasteiger charge is 2.28. The number of carbonyl (C=O) groups excluding carboxylic acids is 2. The van der Waals surface area contributed by atoms with E-state index in [9.17, 15) is 22.8 Å². The lowest BCUT2D eigenvalue weighted by atomic mass is 10.2. The summed E-state index contributed by atoms with van der Waals surface area (Å²) in [5, 5.41) is 1.70. The molecule has 0 bridgehead atoms. The van der Waals surface area contributed by atoms with Crippen molar-refractivity contribution in [1.29, 1.82) is 0 Å². The number of benzene rings is 1. The standard InChI is InChI=1S/C13H11ClF3NO5/c14-8-3-7(4-9-11(8)22-2-1-21-9)12(20)23-5-10(19)18-6-13(15,16)17/h3-4H,1-2,5-6H2,(H,18,19). The number of ether oxygens (including phenoxy) is 3. The lowest BCUT2D eigenvalue weighted by molar-refractivity contribution is -0.140. The lowest BCUT2D eigenvalue weighted by Gasteiger charge is -2.19. The minimum atomic E-state index is -4.54. The van der Waals surface area contributed by atoms with Crippen LogP contribution in [0.15, 0.2) is 12.1 Å². The van der Waals surface area contributed by atoms with Gasteiger partial charge in [-0.2, -0.15) is 13.2 Å². The van der Waals surface area contributed by atoms with E-state index in [-0.39, 0.29) is 28.7 Å². The molecule has 0 aliphatic carbocycles. The van der Waals surface area contributed by atoms with Crippen molar-refractivity contribution in [2.24, 2.45) is 0 Å². The molecule has 1 amide bonds. The highest BCUT2D eigenvalue weighted by Crippen LogP contribution is 2.38. The molecule has 126 valence electrons. The molecule has 1 aromatic carbocycles. The molecule has 2 rings (SSSR count). The molecule has 0 unspecified atom stereocenters. The van der Waals surface area contributed by atoms with Crippen LogP contribution in [0.25, 0.3) is 0 Å². The molecule has 6 nitrogen and oxygen atoms in total. The van der Waals surface area contributed by atoms with E-state index in [1.165, 1.54) is 12.1 Å². The molecule has 0 atom stereocenters. The predicted octanol–water partition coefficient (Wildman–Crippen LogP) is 1.95. The van der Waals surface area contributed by atoms with Crippen LogP contribution >= 0.6 is 11.6 Å². The molecule has 0 radical (unpaired) electrons. The number of halogens is 4. The highest BCUT2D eigenvalue weighted by atomic mass is 35.5. The van der Waals surface area contributed by atoms with Gasteiger partial charge in [-0.3, -0.25) is 4.79 Å². The van der Waals surface area contributed by atoms with E-state index in [2.05, 4.69) is 4.74 Å². The largest absolute Gasteiger partial charge is 0.486 e. The summed E-state index contributed by atoms with van der Waals surface area (Å²) in [7, 11) is 0. The van der Waals surface area contributed by atoms with Gasteiger partial charge in [-0.1, -0.05) is 11.6 Å². The molecule has 1 aliphatic rings. The van der Waals surface area contributed by atoms with Crippen molar-refractivity contribution >= 4 is 23.5 Å². The Hall–Kier alpha value is -2.16. The first-order chi connectivity index (χ1) is 10.8. The van der Waals surface area contributed by atoms with Crippen molar-refractivity contribution in [1.82, 2.24) is 5.32 Å². The van der Waals surface area contributed by atoms with Gasteiger partial charge in [0.05, 0.1) is 10.6 Å². The monoisotopic (exact) mass is 353 g/mol. The van der Waals surface area contributed by atoms with E-state index in [1.54, 1.807) is 5.32 Å². The molecular weight excluding hydrogens is 343 g/mol. The molecule has 1 N–H and O–H groups in total. The molecule has 0 spiro atoms. The molecule has 10 heteroatoms. The van der Waals surface area contributed by atoms with Crippen molar-refractivity contribution in [2.45, 2.75) is 6.18 Å². The number of nitrogens with one attached hydrogen (secondary N) is 1. The fraction of sp³-hybridized carbons (Fsp3) is 0.385. The summed E-state index contributed by atoms with van der Waals surface area (Å²) in [6.07, 6.45) is -4.54. The zero-order valence-corrected chi connectivity index (χ0v) is 12.3. The number of carbonyl (C=O) groups is 2. The second-order valence-electron chi connectivity index (χ2n) is 4.45. The summed E-state index contributed by atoms with van der Waals surface area (Å²) in [6.45, 7) is -1.75. The third-order valence-electron chi connectivity index (χ3n) is 2.65. The number of hydrogen-bond donors (Lipinski definition) is 1. The normalized spacial score (nSPS) is 13.4. The summed E-state index contributed by atoms with van der Waals surface area (Å²) < 4.78 is 50.9. The molecule has 0 aromatic heterocycles. The lowest BCUT2D eigenvalue weighted by Crippen LogP contribution is -2.36. The summed E-state index contributed by atoms with van der Waals surface area (Å²) in [5.74, 6) is -1.46. The molecule has 0 saturated heterocycles.